The quantitative estimate of drug-likeness (QED) is 0.717. The van der Waals surface area contributed by atoms with Crippen molar-refractivity contribution < 1.29 is 14.7 Å². The van der Waals surface area contributed by atoms with Crippen molar-refractivity contribution in [2.75, 3.05) is 33.2 Å². The van der Waals surface area contributed by atoms with Gasteiger partial charge in [0.15, 0.2) is 0 Å². The second-order valence-corrected chi connectivity index (χ2v) is 8.26. The number of carbonyl (C=O) groups excluding carboxylic acids is 1. The van der Waals surface area contributed by atoms with Crippen molar-refractivity contribution in [2.24, 2.45) is 11.8 Å². The topological polar surface area (TPSA) is 72.9 Å². The molecule has 28 heavy (non-hydrogen) atoms. The van der Waals surface area contributed by atoms with Crippen molar-refractivity contribution in [2.45, 2.75) is 45.6 Å². The van der Waals surface area contributed by atoms with Crippen LogP contribution in [0.15, 0.2) is 30.3 Å². The predicted molar refractivity (Wildman–Crippen MR) is 111 cm³/mol. The van der Waals surface area contributed by atoms with E-state index in [0.29, 0.717) is 24.9 Å². The lowest BCUT2D eigenvalue weighted by Gasteiger charge is -2.27. The first kappa shape index (κ1) is 22.2. The highest BCUT2D eigenvalue weighted by atomic mass is 16.4. The highest BCUT2D eigenvalue weighted by molar-refractivity contribution is 5.74. The number of carboxylic acids is 1. The summed E-state index contributed by atoms with van der Waals surface area (Å²) >= 11 is 0. The maximum atomic E-state index is 12.7. The largest absolute Gasteiger partial charge is 0.480 e. The van der Waals surface area contributed by atoms with Gasteiger partial charge < -0.3 is 15.3 Å². The zero-order valence-electron chi connectivity index (χ0n) is 17.4. The molecule has 1 aromatic rings. The number of urea groups is 1. The van der Waals surface area contributed by atoms with Crippen molar-refractivity contribution in [1.82, 2.24) is 15.1 Å². The maximum Gasteiger partial charge on any atom is 0.317 e. The van der Waals surface area contributed by atoms with E-state index in [1.54, 1.807) is 0 Å². The fraction of sp³-hybridized carbons (Fsp3) is 0.636. The molecule has 156 valence electrons. The van der Waals surface area contributed by atoms with Gasteiger partial charge in [-0.15, -0.1) is 0 Å². The number of benzene rings is 1. The molecule has 2 rings (SSSR count). The molecule has 1 aliphatic heterocycles. The number of nitrogens with one attached hydrogen (secondary N) is 1. The number of hydrogen-bond donors (Lipinski definition) is 2. The van der Waals surface area contributed by atoms with E-state index in [0.717, 1.165) is 32.2 Å². The number of carbonyl (C=O) groups is 2. The highest BCUT2D eigenvalue weighted by Crippen LogP contribution is 2.18. The Hall–Kier alpha value is -2.08. The molecule has 0 spiro atoms. The van der Waals surface area contributed by atoms with Crippen LogP contribution in [0.3, 0.4) is 0 Å². The van der Waals surface area contributed by atoms with Gasteiger partial charge in [-0.1, -0.05) is 44.2 Å². The Labute approximate surface area is 168 Å². The van der Waals surface area contributed by atoms with Gasteiger partial charge in [-0.2, -0.15) is 0 Å². The number of likely N-dealkylation sites (N-methyl/N-ethyl adjacent to an activating group) is 1. The summed E-state index contributed by atoms with van der Waals surface area (Å²) in [7, 11) is 1.85. The Balaban J connectivity index is 1.83. The zero-order chi connectivity index (χ0) is 20.5. The summed E-state index contributed by atoms with van der Waals surface area (Å²) in [6.07, 6.45) is 3.60. The Morgan fingerprint density at radius 2 is 1.93 bits per heavy atom. The molecule has 6 nitrogen and oxygen atoms in total. The molecule has 1 saturated heterocycles. The van der Waals surface area contributed by atoms with Gasteiger partial charge in [0.2, 0.25) is 0 Å². The molecule has 0 radical (unpaired) electrons. The van der Waals surface area contributed by atoms with Gasteiger partial charge in [-0.05, 0) is 50.1 Å². The number of nitrogens with zero attached hydrogens (tertiary/aromatic N) is 2. The standard InChI is InChI=1S/C22H35N3O3/c1-17(2)19(14-18-8-5-4-6-9-18)15-23-22(28)25-12-7-10-20(11-13-25)24(3)16-21(26)27/h4-6,8-9,17,19-20H,7,10-16H2,1-3H3,(H,23,28)(H,26,27). The van der Waals surface area contributed by atoms with E-state index >= 15 is 0 Å². The van der Waals surface area contributed by atoms with Crippen LogP contribution in [0.2, 0.25) is 0 Å². The second kappa shape index (κ2) is 11.1. The van der Waals surface area contributed by atoms with Gasteiger partial charge in [0, 0.05) is 25.7 Å². The van der Waals surface area contributed by atoms with E-state index in [4.69, 9.17) is 5.11 Å². The van der Waals surface area contributed by atoms with E-state index in [9.17, 15) is 9.59 Å². The third-order valence-corrected chi connectivity index (χ3v) is 5.79. The highest BCUT2D eigenvalue weighted by Gasteiger charge is 2.24. The molecule has 1 aliphatic rings. The maximum absolute atomic E-state index is 12.7. The van der Waals surface area contributed by atoms with E-state index < -0.39 is 5.97 Å². The molecule has 0 aromatic heterocycles. The summed E-state index contributed by atoms with van der Waals surface area (Å²) in [5, 5.41) is 12.1. The Morgan fingerprint density at radius 1 is 1.21 bits per heavy atom. The first-order valence-corrected chi connectivity index (χ1v) is 10.4. The van der Waals surface area contributed by atoms with Crippen LogP contribution in [0, 0.1) is 11.8 Å². The molecule has 6 heteroatoms. The summed E-state index contributed by atoms with van der Waals surface area (Å²) < 4.78 is 0. The summed E-state index contributed by atoms with van der Waals surface area (Å²) in [5.41, 5.74) is 1.30. The molecule has 1 aromatic carbocycles. The molecule has 0 saturated carbocycles. The van der Waals surface area contributed by atoms with Crippen LogP contribution in [0.5, 0.6) is 0 Å². The van der Waals surface area contributed by atoms with Crippen molar-refractivity contribution >= 4 is 12.0 Å². The number of carboxylic acid groups (broad SMARTS) is 1. The minimum atomic E-state index is -0.806. The zero-order valence-corrected chi connectivity index (χ0v) is 17.4. The lowest BCUT2D eigenvalue weighted by atomic mass is 9.89. The fourth-order valence-corrected chi connectivity index (χ4v) is 3.86. The minimum Gasteiger partial charge on any atom is -0.480 e. The van der Waals surface area contributed by atoms with Crippen molar-refractivity contribution in [3.05, 3.63) is 35.9 Å². The van der Waals surface area contributed by atoms with Gasteiger partial charge in [0.1, 0.15) is 0 Å². The Kier molecular flexibility index (Phi) is 8.77. The Bertz CT molecular complexity index is 621. The third-order valence-electron chi connectivity index (χ3n) is 5.79. The summed E-state index contributed by atoms with van der Waals surface area (Å²) in [5.74, 6) is 0.0750. The second-order valence-electron chi connectivity index (χ2n) is 8.26. The number of amides is 2. The number of aliphatic carboxylic acids is 1. The number of rotatable bonds is 8. The summed E-state index contributed by atoms with van der Waals surface area (Å²) in [4.78, 5) is 27.4. The average molecular weight is 390 g/mol. The third kappa shape index (κ3) is 7.15. The normalized spacial score (nSPS) is 18.8. The van der Waals surface area contributed by atoms with Gasteiger partial charge >= 0.3 is 12.0 Å². The SMILES string of the molecule is CC(C)C(CNC(=O)N1CCCC(N(C)CC(=O)O)CC1)Cc1ccccc1. The van der Waals surface area contributed by atoms with E-state index in [-0.39, 0.29) is 18.6 Å². The lowest BCUT2D eigenvalue weighted by molar-refractivity contribution is -0.138. The smallest absolute Gasteiger partial charge is 0.317 e. The minimum absolute atomic E-state index is 0.000231. The molecular formula is C22H35N3O3. The molecule has 0 bridgehead atoms. The molecule has 2 unspecified atom stereocenters. The summed E-state index contributed by atoms with van der Waals surface area (Å²) in [6, 6.07) is 10.6. The number of likely N-dealkylation sites (tertiary alicyclic amines) is 1. The predicted octanol–water partition coefficient (Wildman–Crippen LogP) is 3.08. The lowest BCUT2D eigenvalue weighted by Crippen LogP contribution is -2.43. The molecule has 2 amide bonds. The van der Waals surface area contributed by atoms with Gasteiger partial charge in [-0.3, -0.25) is 9.69 Å². The van der Waals surface area contributed by atoms with Crippen LogP contribution >= 0.6 is 0 Å². The summed E-state index contributed by atoms with van der Waals surface area (Å²) in [6.45, 7) is 6.53. The van der Waals surface area contributed by atoms with Crippen molar-refractivity contribution in [3.8, 4) is 0 Å². The van der Waals surface area contributed by atoms with Gasteiger partial charge in [0.05, 0.1) is 6.54 Å². The fourth-order valence-electron chi connectivity index (χ4n) is 3.86. The molecular weight excluding hydrogens is 354 g/mol. The van der Waals surface area contributed by atoms with Crippen LogP contribution in [-0.2, 0) is 11.2 Å². The van der Waals surface area contributed by atoms with Gasteiger partial charge in [-0.25, -0.2) is 4.79 Å². The molecule has 2 N–H and O–H groups in total. The van der Waals surface area contributed by atoms with Crippen LogP contribution < -0.4 is 5.32 Å². The van der Waals surface area contributed by atoms with E-state index in [1.165, 1.54) is 5.56 Å². The van der Waals surface area contributed by atoms with Crippen LogP contribution in [0.4, 0.5) is 4.79 Å². The van der Waals surface area contributed by atoms with Crippen LogP contribution in [0.25, 0.3) is 0 Å². The van der Waals surface area contributed by atoms with Crippen molar-refractivity contribution in [1.29, 1.82) is 0 Å². The van der Waals surface area contributed by atoms with Crippen molar-refractivity contribution in [3.63, 3.8) is 0 Å². The van der Waals surface area contributed by atoms with E-state index in [2.05, 4.69) is 43.4 Å². The first-order valence-electron chi connectivity index (χ1n) is 10.4. The van der Waals surface area contributed by atoms with E-state index in [1.807, 2.05) is 22.9 Å². The van der Waals surface area contributed by atoms with Crippen LogP contribution in [-0.4, -0.2) is 66.2 Å². The molecule has 1 fully saturated rings. The monoisotopic (exact) mass is 389 g/mol. The molecule has 1 heterocycles. The first-order chi connectivity index (χ1) is 13.4. The molecule has 0 aliphatic carbocycles. The van der Waals surface area contributed by atoms with Crippen LogP contribution in [0.1, 0.15) is 38.7 Å². The molecule has 2 atom stereocenters. The average Bonchev–Trinajstić information content (AvgIpc) is 2.91. The number of hydrogen-bond acceptors (Lipinski definition) is 3. The van der Waals surface area contributed by atoms with Gasteiger partial charge in [0.25, 0.3) is 0 Å². The Morgan fingerprint density at radius 3 is 2.57 bits per heavy atom.